The van der Waals surface area contributed by atoms with Gasteiger partial charge in [-0.25, -0.2) is 0 Å². The Kier molecular flexibility index (Phi) is 5.41. The molecule has 0 heterocycles. The second kappa shape index (κ2) is 7.06. The molecule has 2 nitrogen and oxygen atoms in total. The summed E-state index contributed by atoms with van der Waals surface area (Å²) in [5.74, 6) is 0. The van der Waals surface area contributed by atoms with Crippen molar-refractivity contribution in [2.24, 2.45) is 5.73 Å². The number of hydrogen-bond donors (Lipinski definition) is 1. The Hall–Kier alpha value is -0.860. The molecule has 106 valence electrons. The van der Waals surface area contributed by atoms with E-state index < -0.39 is 0 Å². The third-order valence-corrected chi connectivity index (χ3v) is 4.41. The van der Waals surface area contributed by atoms with Gasteiger partial charge in [-0.15, -0.1) is 0 Å². The number of likely N-dealkylation sites (N-methyl/N-ethyl adjacent to an activating group) is 1. The van der Waals surface area contributed by atoms with Gasteiger partial charge in [0.1, 0.15) is 0 Å². The van der Waals surface area contributed by atoms with Crippen molar-refractivity contribution >= 4 is 0 Å². The van der Waals surface area contributed by atoms with Crippen molar-refractivity contribution in [2.45, 2.75) is 57.5 Å². The first kappa shape index (κ1) is 14.5. The average molecular weight is 260 g/mol. The van der Waals surface area contributed by atoms with Crippen LogP contribution in [0.5, 0.6) is 0 Å². The van der Waals surface area contributed by atoms with Gasteiger partial charge in [0, 0.05) is 18.6 Å². The Morgan fingerprint density at radius 2 is 1.74 bits per heavy atom. The summed E-state index contributed by atoms with van der Waals surface area (Å²) in [7, 11) is 2.22. The van der Waals surface area contributed by atoms with Gasteiger partial charge in [0.15, 0.2) is 0 Å². The minimum Gasteiger partial charge on any atom is -0.326 e. The van der Waals surface area contributed by atoms with Crippen LogP contribution in [-0.2, 0) is 12.8 Å². The van der Waals surface area contributed by atoms with E-state index in [2.05, 4.69) is 43.1 Å². The van der Waals surface area contributed by atoms with E-state index >= 15 is 0 Å². The van der Waals surface area contributed by atoms with Gasteiger partial charge in [0.25, 0.3) is 0 Å². The average Bonchev–Trinajstić information content (AvgIpc) is 2.84. The predicted octanol–water partition coefficient (Wildman–Crippen LogP) is 2.99. The van der Waals surface area contributed by atoms with Crippen LogP contribution in [0, 0.1) is 0 Å². The summed E-state index contributed by atoms with van der Waals surface area (Å²) < 4.78 is 0. The van der Waals surface area contributed by atoms with E-state index in [9.17, 15) is 0 Å². The van der Waals surface area contributed by atoms with Gasteiger partial charge in [-0.3, -0.25) is 0 Å². The lowest BCUT2D eigenvalue weighted by atomic mass is 10.1. The normalized spacial score (nSPS) is 23.2. The molecule has 0 amide bonds. The van der Waals surface area contributed by atoms with Gasteiger partial charge in [0.2, 0.25) is 0 Å². The minimum absolute atomic E-state index is 0.386. The van der Waals surface area contributed by atoms with Crippen molar-refractivity contribution in [1.29, 1.82) is 0 Å². The molecular weight excluding hydrogens is 232 g/mol. The quantitative estimate of drug-likeness (QED) is 0.852. The Labute approximate surface area is 118 Å². The van der Waals surface area contributed by atoms with Crippen molar-refractivity contribution in [3.63, 3.8) is 0 Å². The molecule has 2 unspecified atom stereocenters. The van der Waals surface area contributed by atoms with Gasteiger partial charge in [-0.1, -0.05) is 44.0 Å². The zero-order valence-electron chi connectivity index (χ0n) is 12.4. The highest BCUT2D eigenvalue weighted by Crippen LogP contribution is 2.21. The lowest BCUT2D eigenvalue weighted by Crippen LogP contribution is -2.42. The number of rotatable bonds is 6. The highest BCUT2D eigenvalue weighted by molar-refractivity contribution is 5.22. The lowest BCUT2D eigenvalue weighted by Gasteiger charge is -2.27. The predicted molar refractivity (Wildman–Crippen MR) is 82.4 cm³/mol. The van der Waals surface area contributed by atoms with Gasteiger partial charge in [-0.05, 0) is 43.9 Å². The summed E-state index contributed by atoms with van der Waals surface area (Å²) in [6.07, 6.45) is 7.31. The maximum atomic E-state index is 6.16. The van der Waals surface area contributed by atoms with E-state index in [1.165, 1.54) is 43.2 Å². The van der Waals surface area contributed by atoms with E-state index in [4.69, 9.17) is 5.73 Å². The first-order chi connectivity index (χ1) is 9.20. The molecule has 0 aliphatic heterocycles. The van der Waals surface area contributed by atoms with E-state index in [0.29, 0.717) is 12.1 Å². The summed E-state index contributed by atoms with van der Waals surface area (Å²) in [4.78, 5) is 2.46. The van der Waals surface area contributed by atoms with Crippen LogP contribution >= 0.6 is 0 Å². The van der Waals surface area contributed by atoms with Crippen molar-refractivity contribution < 1.29 is 0 Å². The van der Waals surface area contributed by atoms with Gasteiger partial charge in [0.05, 0.1) is 0 Å². The first-order valence-corrected chi connectivity index (χ1v) is 7.74. The molecule has 0 bridgehead atoms. The van der Waals surface area contributed by atoms with Crippen molar-refractivity contribution in [2.75, 3.05) is 13.6 Å². The number of benzene rings is 1. The fraction of sp³-hybridized carbons (Fsp3) is 0.647. The van der Waals surface area contributed by atoms with Crippen LogP contribution in [0.15, 0.2) is 24.3 Å². The van der Waals surface area contributed by atoms with E-state index in [0.717, 1.165) is 13.0 Å². The van der Waals surface area contributed by atoms with Crippen LogP contribution < -0.4 is 5.73 Å². The number of hydrogen-bond acceptors (Lipinski definition) is 2. The molecule has 2 atom stereocenters. The molecule has 1 saturated carbocycles. The maximum Gasteiger partial charge on any atom is 0.0244 e. The van der Waals surface area contributed by atoms with E-state index in [1.54, 1.807) is 0 Å². The molecular formula is C17H28N2. The summed E-state index contributed by atoms with van der Waals surface area (Å²) >= 11 is 0. The number of nitrogens with two attached hydrogens (primary N) is 1. The third-order valence-electron chi connectivity index (χ3n) is 4.41. The molecule has 2 rings (SSSR count). The van der Waals surface area contributed by atoms with Crippen LogP contribution in [0.2, 0.25) is 0 Å². The molecule has 2 heteroatoms. The zero-order chi connectivity index (χ0) is 13.7. The van der Waals surface area contributed by atoms with Crippen molar-refractivity contribution in [1.82, 2.24) is 4.90 Å². The fourth-order valence-corrected chi connectivity index (χ4v) is 3.15. The fourth-order valence-electron chi connectivity index (χ4n) is 3.15. The number of aryl methyl sites for hydroxylation is 1. The molecule has 1 fully saturated rings. The van der Waals surface area contributed by atoms with Crippen LogP contribution in [0.3, 0.4) is 0 Å². The Morgan fingerprint density at radius 3 is 2.26 bits per heavy atom. The van der Waals surface area contributed by atoms with E-state index in [-0.39, 0.29) is 0 Å². The first-order valence-electron chi connectivity index (χ1n) is 7.74. The summed E-state index contributed by atoms with van der Waals surface area (Å²) in [5, 5.41) is 0. The van der Waals surface area contributed by atoms with Crippen LogP contribution in [0.4, 0.5) is 0 Å². The Morgan fingerprint density at radius 1 is 1.11 bits per heavy atom. The maximum absolute atomic E-state index is 6.16. The summed E-state index contributed by atoms with van der Waals surface area (Å²) in [6, 6.07) is 10.1. The molecule has 1 aromatic carbocycles. The van der Waals surface area contributed by atoms with Gasteiger partial charge in [-0.2, -0.15) is 0 Å². The molecule has 0 spiro atoms. The highest BCUT2D eigenvalue weighted by Gasteiger charge is 2.26. The summed E-state index contributed by atoms with van der Waals surface area (Å²) in [6.45, 7) is 3.35. The van der Waals surface area contributed by atoms with Crippen LogP contribution in [0.25, 0.3) is 0 Å². The third kappa shape index (κ3) is 4.05. The number of nitrogens with zero attached hydrogens (tertiary/aromatic N) is 1. The van der Waals surface area contributed by atoms with E-state index in [1.807, 2.05) is 0 Å². The topological polar surface area (TPSA) is 29.3 Å². The zero-order valence-corrected chi connectivity index (χ0v) is 12.4. The van der Waals surface area contributed by atoms with Crippen molar-refractivity contribution in [3.8, 4) is 0 Å². The largest absolute Gasteiger partial charge is 0.326 e. The second-order valence-corrected chi connectivity index (χ2v) is 5.96. The van der Waals surface area contributed by atoms with Crippen LogP contribution in [-0.4, -0.2) is 30.6 Å². The lowest BCUT2D eigenvalue weighted by molar-refractivity contribution is 0.231. The SMILES string of the molecule is CCCc1ccc(CCN(C)C2CCCC2N)cc1. The van der Waals surface area contributed by atoms with Crippen LogP contribution in [0.1, 0.15) is 43.7 Å². The van der Waals surface area contributed by atoms with Crippen molar-refractivity contribution in [3.05, 3.63) is 35.4 Å². The Balaban J connectivity index is 1.81. The summed E-state index contributed by atoms with van der Waals surface area (Å²) in [5.41, 5.74) is 9.06. The van der Waals surface area contributed by atoms with Gasteiger partial charge >= 0.3 is 0 Å². The molecule has 0 radical (unpaired) electrons. The highest BCUT2D eigenvalue weighted by atomic mass is 15.1. The minimum atomic E-state index is 0.386. The molecule has 0 saturated heterocycles. The second-order valence-electron chi connectivity index (χ2n) is 5.96. The van der Waals surface area contributed by atoms with Gasteiger partial charge < -0.3 is 10.6 Å². The monoisotopic (exact) mass is 260 g/mol. The molecule has 1 aliphatic carbocycles. The standard InChI is InChI=1S/C17H28N2/c1-3-5-14-8-10-15(11-9-14)12-13-19(2)17-7-4-6-16(17)18/h8-11,16-17H,3-7,12-13,18H2,1-2H3. The molecule has 0 aromatic heterocycles. The smallest absolute Gasteiger partial charge is 0.0244 e. The Bertz CT molecular complexity index is 371. The molecule has 1 aromatic rings. The molecule has 2 N–H and O–H groups in total. The molecule has 19 heavy (non-hydrogen) atoms. The molecule has 1 aliphatic rings.